The molecule has 2 fully saturated rings. The lowest BCUT2D eigenvalue weighted by Gasteiger charge is -2.47. The Hall–Kier alpha value is -1.74. The molecule has 0 saturated carbocycles. The minimum Gasteiger partial charge on any atom is -0.472 e. The third-order valence-corrected chi connectivity index (χ3v) is 7.10. The van der Waals surface area contributed by atoms with Gasteiger partial charge in [0, 0.05) is 50.7 Å². The molecule has 2 aliphatic heterocycles. The normalized spacial score (nSPS) is 21.8. The molecule has 0 aliphatic carbocycles. The molecule has 2 saturated heterocycles. The van der Waals surface area contributed by atoms with Crippen molar-refractivity contribution in [2.24, 2.45) is 0 Å². The quantitative estimate of drug-likeness (QED) is 0.808. The van der Waals surface area contributed by atoms with Gasteiger partial charge in [0.2, 0.25) is 10.0 Å². The SMILES string of the molecule is O=S(=O)(c1cccnc1)N1CCC2(CC1)CN(Cc1ccoc1)CCO2. The van der Waals surface area contributed by atoms with Crippen LogP contribution < -0.4 is 0 Å². The van der Waals surface area contributed by atoms with Crippen LogP contribution in [-0.2, 0) is 21.3 Å². The maximum absolute atomic E-state index is 12.8. The van der Waals surface area contributed by atoms with E-state index in [1.807, 2.05) is 6.07 Å². The summed E-state index contributed by atoms with van der Waals surface area (Å²) in [4.78, 5) is 6.54. The van der Waals surface area contributed by atoms with Crippen LogP contribution in [0.4, 0.5) is 0 Å². The van der Waals surface area contributed by atoms with Crippen LogP contribution in [0.1, 0.15) is 18.4 Å². The zero-order valence-electron chi connectivity index (χ0n) is 14.6. The molecule has 7 nitrogen and oxygen atoms in total. The van der Waals surface area contributed by atoms with Crippen LogP contribution in [0.3, 0.4) is 0 Å². The van der Waals surface area contributed by atoms with Crippen LogP contribution in [0.2, 0.25) is 0 Å². The Morgan fingerprint density at radius 1 is 1.19 bits per heavy atom. The van der Waals surface area contributed by atoms with E-state index in [-0.39, 0.29) is 10.5 Å². The smallest absolute Gasteiger partial charge is 0.244 e. The van der Waals surface area contributed by atoms with Gasteiger partial charge in [-0.15, -0.1) is 0 Å². The van der Waals surface area contributed by atoms with Crippen molar-refractivity contribution in [1.82, 2.24) is 14.2 Å². The summed E-state index contributed by atoms with van der Waals surface area (Å²) in [6.07, 6.45) is 7.85. The molecular weight excluding hydrogens is 354 g/mol. The van der Waals surface area contributed by atoms with Crippen molar-refractivity contribution in [2.45, 2.75) is 29.9 Å². The molecule has 1 spiro atoms. The third kappa shape index (κ3) is 3.55. The van der Waals surface area contributed by atoms with E-state index >= 15 is 0 Å². The number of hydrogen-bond acceptors (Lipinski definition) is 6. The zero-order chi connectivity index (χ0) is 18.0. The highest BCUT2D eigenvalue weighted by Gasteiger charge is 2.42. The summed E-state index contributed by atoms with van der Waals surface area (Å²) >= 11 is 0. The lowest BCUT2D eigenvalue weighted by atomic mass is 9.90. The van der Waals surface area contributed by atoms with Gasteiger partial charge in [0.25, 0.3) is 0 Å². The monoisotopic (exact) mass is 377 g/mol. The van der Waals surface area contributed by atoms with Gasteiger partial charge in [-0.05, 0) is 31.0 Å². The molecule has 0 bridgehead atoms. The summed E-state index contributed by atoms with van der Waals surface area (Å²) in [5.41, 5.74) is 0.891. The summed E-state index contributed by atoms with van der Waals surface area (Å²) in [6.45, 7) is 4.14. The fourth-order valence-corrected chi connectivity index (χ4v) is 5.19. The minimum atomic E-state index is -3.48. The second-order valence-corrected chi connectivity index (χ2v) is 8.90. The maximum atomic E-state index is 12.8. The molecule has 0 atom stereocenters. The first kappa shape index (κ1) is 17.7. The zero-order valence-corrected chi connectivity index (χ0v) is 15.4. The first-order valence-electron chi connectivity index (χ1n) is 8.85. The molecular formula is C18H23N3O4S. The summed E-state index contributed by atoms with van der Waals surface area (Å²) in [5, 5.41) is 0. The van der Waals surface area contributed by atoms with E-state index in [9.17, 15) is 8.42 Å². The molecule has 4 rings (SSSR count). The average Bonchev–Trinajstić information content (AvgIpc) is 3.16. The Morgan fingerprint density at radius 2 is 2.04 bits per heavy atom. The van der Waals surface area contributed by atoms with Crippen molar-refractivity contribution in [3.05, 3.63) is 48.7 Å². The van der Waals surface area contributed by atoms with Gasteiger partial charge in [0.15, 0.2) is 0 Å². The summed E-state index contributed by atoms with van der Waals surface area (Å²) in [6, 6.07) is 5.22. The fourth-order valence-electron chi connectivity index (χ4n) is 3.78. The topological polar surface area (TPSA) is 75.9 Å². The van der Waals surface area contributed by atoms with Gasteiger partial charge in [0.05, 0.1) is 24.7 Å². The van der Waals surface area contributed by atoms with E-state index in [0.29, 0.717) is 32.5 Å². The molecule has 0 radical (unpaired) electrons. The number of aromatic nitrogens is 1. The molecule has 0 N–H and O–H groups in total. The molecule has 140 valence electrons. The van der Waals surface area contributed by atoms with Crippen molar-refractivity contribution in [3.63, 3.8) is 0 Å². The second kappa shape index (κ2) is 7.11. The highest BCUT2D eigenvalue weighted by Crippen LogP contribution is 2.32. The average molecular weight is 377 g/mol. The standard InChI is InChI=1S/C18H23N3O4S/c22-26(23,17-2-1-6-19-12-17)21-7-4-18(5-8-21)15-20(9-11-25-18)13-16-3-10-24-14-16/h1-3,6,10,12,14H,4-5,7-9,11,13,15H2. The summed E-state index contributed by atoms with van der Waals surface area (Å²) < 4.78 is 38.3. The Kier molecular flexibility index (Phi) is 4.83. The molecule has 0 amide bonds. The number of furan rings is 1. The van der Waals surface area contributed by atoms with Crippen molar-refractivity contribution in [3.8, 4) is 0 Å². The first-order valence-corrected chi connectivity index (χ1v) is 10.3. The largest absolute Gasteiger partial charge is 0.472 e. The van der Waals surface area contributed by atoms with Gasteiger partial charge in [-0.1, -0.05) is 0 Å². The number of piperidine rings is 1. The molecule has 0 aromatic carbocycles. The Bertz CT molecular complexity index is 815. The van der Waals surface area contributed by atoms with Crippen LogP contribution in [0.5, 0.6) is 0 Å². The van der Waals surface area contributed by atoms with Gasteiger partial charge in [-0.25, -0.2) is 8.42 Å². The Morgan fingerprint density at radius 3 is 2.73 bits per heavy atom. The number of sulfonamides is 1. The van der Waals surface area contributed by atoms with Gasteiger partial charge < -0.3 is 9.15 Å². The van der Waals surface area contributed by atoms with Crippen molar-refractivity contribution < 1.29 is 17.6 Å². The number of morpholine rings is 1. The summed E-state index contributed by atoms with van der Waals surface area (Å²) in [7, 11) is -3.48. The minimum absolute atomic E-state index is 0.252. The molecule has 2 aromatic rings. The number of pyridine rings is 1. The van der Waals surface area contributed by atoms with E-state index < -0.39 is 10.0 Å². The number of rotatable bonds is 4. The van der Waals surface area contributed by atoms with E-state index in [1.54, 1.807) is 35.2 Å². The number of hydrogen-bond donors (Lipinski definition) is 0. The van der Waals surface area contributed by atoms with Crippen LogP contribution >= 0.6 is 0 Å². The van der Waals surface area contributed by atoms with Crippen molar-refractivity contribution in [2.75, 3.05) is 32.8 Å². The van der Waals surface area contributed by atoms with Crippen molar-refractivity contribution in [1.29, 1.82) is 0 Å². The number of nitrogens with zero attached hydrogens (tertiary/aromatic N) is 3. The van der Waals surface area contributed by atoms with Gasteiger partial charge >= 0.3 is 0 Å². The predicted molar refractivity (Wildman–Crippen MR) is 94.9 cm³/mol. The lowest BCUT2D eigenvalue weighted by Crippen LogP contribution is -2.57. The fraction of sp³-hybridized carbons (Fsp3) is 0.500. The van der Waals surface area contributed by atoms with Gasteiger partial charge in [0.1, 0.15) is 4.90 Å². The second-order valence-electron chi connectivity index (χ2n) is 6.97. The first-order chi connectivity index (χ1) is 12.6. The van der Waals surface area contributed by atoms with Crippen LogP contribution in [-0.4, -0.2) is 61.0 Å². The van der Waals surface area contributed by atoms with Crippen LogP contribution in [0, 0.1) is 0 Å². The van der Waals surface area contributed by atoms with E-state index in [1.165, 1.54) is 6.20 Å². The molecule has 2 aliphatic rings. The van der Waals surface area contributed by atoms with Gasteiger partial charge in [-0.3, -0.25) is 9.88 Å². The summed E-state index contributed by atoms with van der Waals surface area (Å²) in [5.74, 6) is 0. The van der Waals surface area contributed by atoms with Crippen LogP contribution in [0.25, 0.3) is 0 Å². The molecule has 0 unspecified atom stereocenters. The molecule has 26 heavy (non-hydrogen) atoms. The van der Waals surface area contributed by atoms with E-state index in [0.717, 1.165) is 25.2 Å². The van der Waals surface area contributed by atoms with E-state index in [2.05, 4.69) is 9.88 Å². The maximum Gasteiger partial charge on any atom is 0.244 e. The van der Waals surface area contributed by atoms with E-state index in [4.69, 9.17) is 9.15 Å². The third-order valence-electron chi connectivity index (χ3n) is 5.22. The van der Waals surface area contributed by atoms with Crippen molar-refractivity contribution >= 4 is 10.0 Å². The Balaban J connectivity index is 1.41. The highest BCUT2D eigenvalue weighted by atomic mass is 32.2. The number of ether oxygens (including phenoxy) is 1. The lowest BCUT2D eigenvalue weighted by molar-refractivity contribution is -0.131. The molecule has 4 heterocycles. The Labute approximate surface area is 153 Å². The highest BCUT2D eigenvalue weighted by molar-refractivity contribution is 7.89. The predicted octanol–water partition coefficient (Wildman–Crippen LogP) is 1.73. The molecule has 2 aromatic heterocycles. The van der Waals surface area contributed by atoms with Crippen LogP contribution in [0.15, 0.2) is 52.4 Å². The molecule has 8 heteroatoms. The van der Waals surface area contributed by atoms with Gasteiger partial charge in [-0.2, -0.15) is 4.31 Å².